The van der Waals surface area contributed by atoms with Crippen LogP contribution < -0.4 is 0 Å². The molecular weight excluding hydrogens is 232 g/mol. The van der Waals surface area contributed by atoms with Crippen LogP contribution in [0.4, 0.5) is 8.78 Å². The van der Waals surface area contributed by atoms with Crippen molar-refractivity contribution in [3.63, 3.8) is 0 Å². The van der Waals surface area contributed by atoms with Crippen molar-refractivity contribution in [2.75, 3.05) is 0 Å². The Morgan fingerprint density at radius 3 is 2.17 bits per heavy atom. The Hall–Kier alpha value is -1.43. The summed E-state index contributed by atoms with van der Waals surface area (Å²) in [5.41, 5.74) is 0.900. The van der Waals surface area contributed by atoms with E-state index >= 15 is 0 Å². The summed E-state index contributed by atoms with van der Waals surface area (Å²) in [5, 5.41) is 9.08. The molecule has 0 heterocycles. The Morgan fingerprint density at radius 1 is 1.22 bits per heavy atom. The number of nitriles is 1. The number of benzene rings is 1. The van der Waals surface area contributed by atoms with Crippen LogP contribution >= 0.6 is 0 Å². The molecule has 0 aliphatic heterocycles. The average molecular weight is 249 g/mol. The van der Waals surface area contributed by atoms with Gasteiger partial charge in [0.2, 0.25) is 0 Å². The summed E-state index contributed by atoms with van der Waals surface area (Å²) in [6.07, 6.45) is 1.23. The van der Waals surface area contributed by atoms with Gasteiger partial charge in [0.05, 0.1) is 12.0 Å². The lowest BCUT2D eigenvalue weighted by atomic mass is 9.88. The quantitative estimate of drug-likeness (QED) is 0.773. The second-order valence-electron chi connectivity index (χ2n) is 5.37. The van der Waals surface area contributed by atoms with Crippen molar-refractivity contribution in [2.45, 2.75) is 38.5 Å². The van der Waals surface area contributed by atoms with Gasteiger partial charge >= 0.3 is 0 Å². The van der Waals surface area contributed by atoms with E-state index in [-0.39, 0.29) is 17.4 Å². The normalized spacial score (nSPS) is 17.6. The maximum absolute atomic E-state index is 13.8. The molecule has 96 valence electrons. The maximum atomic E-state index is 13.8. The lowest BCUT2D eigenvalue weighted by Crippen LogP contribution is -2.16. The molecule has 1 aromatic carbocycles. The van der Waals surface area contributed by atoms with Crippen LogP contribution in [0.15, 0.2) is 24.3 Å². The molecular formula is C15H17F2N. The molecule has 1 aromatic rings. The molecule has 0 N–H and O–H groups in total. The third-order valence-corrected chi connectivity index (χ3v) is 3.55. The van der Waals surface area contributed by atoms with Gasteiger partial charge in [0.1, 0.15) is 0 Å². The summed E-state index contributed by atoms with van der Waals surface area (Å²) in [6.45, 7) is 3.92. The zero-order valence-corrected chi connectivity index (χ0v) is 10.7. The van der Waals surface area contributed by atoms with Crippen molar-refractivity contribution in [3.05, 3.63) is 35.4 Å². The lowest BCUT2D eigenvalue weighted by Gasteiger charge is -2.18. The van der Waals surface area contributed by atoms with Crippen LogP contribution in [0, 0.1) is 23.2 Å². The number of alkyl halides is 2. The highest BCUT2D eigenvalue weighted by Crippen LogP contribution is 2.49. The molecule has 1 nitrogen and oxygen atoms in total. The predicted molar refractivity (Wildman–Crippen MR) is 66.3 cm³/mol. The van der Waals surface area contributed by atoms with Gasteiger partial charge in [-0.05, 0) is 24.3 Å². The summed E-state index contributed by atoms with van der Waals surface area (Å²) < 4.78 is 27.7. The smallest absolute Gasteiger partial charge is 0.201 e. The fraction of sp³-hybridized carbons (Fsp3) is 0.533. The Labute approximate surface area is 106 Å². The van der Waals surface area contributed by atoms with Crippen molar-refractivity contribution in [1.29, 1.82) is 5.26 Å². The van der Waals surface area contributed by atoms with Gasteiger partial charge in [0.25, 0.3) is 5.92 Å². The first-order chi connectivity index (χ1) is 8.46. The maximum Gasteiger partial charge on any atom is 0.276 e. The van der Waals surface area contributed by atoms with Crippen LogP contribution in [0.5, 0.6) is 0 Å². The molecule has 1 unspecified atom stereocenters. The molecule has 18 heavy (non-hydrogen) atoms. The van der Waals surface area contributed by atoms with Gasteiger partial charge in [-0.3, -0.25) is 0 Å². The summed E-state index contributed by atoms with van der Waals surface area (Å²) in [4.78, 5) is 0. The SMILES string of the molecule is CC(C)C(C#N)c1ccc(C(F)(F)C2CC2)cc1. The van der Waals surface area contributed by atoms with Crippen molar-refractivity contribution in [3.8, 4) is 6.07 Å². The van der Waals surface area contributed by atoms with Crippen molar-refractivity contribution in [2.24, 2.45) is 11.8 Å². The number of halogens is 2. The molecule has 1 saturated carbocycles. The van der Waals surface area contributed by atoms with Crippen LogP contribution in [0.1, 0.15) is 43.7 Å². The molecule has 2 rings (SSSR count). The first kappa shape index (κ1) is 13.0. The molecule has 0 bridgehead atoms. The fourth-order valence-electron chi connectivity index (χ4n) is 2.20. The van der Waals surface area contributed by atoms with Gasteiger partial charge in [-0.2, -0.15) is 5.26 Å². The van der Waals surface area contributed by atoms with E-state index in [0.717, 1.165) is 5.56 Å². The fourth-order valence-corrected chi connectivity index (χ4v) is 2.20. The Balaban J connectivity index is 2.22. The Kier molecular flexibility index (Phi) is 3.38. The van der Waals surface area contributed by atoms with E-state index in [9.17, 15) is 8.78 Å². The second kappa shape index (κ2) is 4.68. The zero-order valence-electron chi connectivity index (χ0n) is 10.7. The first-order valence-electron chi connectivity index (χ1n) is 6.34. The van der Waals surface area contributed by atoms with Gasteiger partial charge in [-0.15, -0.1) is 0 Å². The molecule has 0 aromatic heterocycles. The molecule has 0 saturated heterocycles. The van der Waals surface area contributed by atoms with E-state index in [1.54, 1.807) is 12.1 Å². The largest absolute Gasteiger partial charge is 0.276 e. The number of hydrogen-bond acceptors (Lipinski definition) is 1. The second-order valence-corrected chi connectivity index (χ2v) is 5.37. The summed E-state index contributed by atoms with van der Waals surface area (Å²) >= 11 is 0. The van der Waals surface area contributed by atoms with Gasteiger partial charge in [-0.25, -0.2) is 8.78 Å². The van der Waals surface area contributed by atoms with Gasteiger partial charge < -0.3 is 0 Å². The Bertz CT molecular complexity index is 452. The topological polar surface area (TPSA) is 23.8 Å². The summed E-state index contributed by atoms with van der Waals surface area (Å²) in [5.74, 6) is -3.24. The van der Waals surface area contributed by atoms with Crippen molar-refractivity contribution >= 4 is 0 Å². The van der Waals surface area contributed by atoms with Crippen LogP contribution in [0.2, 0.25) is 0 Å². The minimum atomic E-state index is -2.71. The highest BCUT2D eigenvalue weighted by molar-refractivity contribution is 5.32. The van der Waals surface area contributed by atoms with Gasteiger partial charge in [0.15, 0.2) is 0 Å². The number of rotatable bonds is 4. The van der Waals surface area contributed by atoms with Crippen molar-refractivity contribution in [1.82, 2.24) is 0 Å². The predicted octanol–water partition coefficient (Wildman–Crippen LogP) is 4.45. The van der Waals surface area contributed by atoms with Crippen LogP contribution in [-0.4, -0.2) is 0 Å². The minimum Gasteiger partial charge on any atom is -0.201 e. The number of nitrogens with zero attached hydrogens (tertiary/aromatic N) is 1. The molecule has 1 atom stereocenters. The van der Waals surface area contributed by atoms with E-state index in [2.05, 4.69) is 6.07 Å². The molecule has 0 spiro atoms. The van der Waals surface area contributed by atoms with Crippen LogP contribution in [0.25, 0.3) is 0 Å². The van der Waals surface area contributed by atoms with E-state index in [1.165, 1.54) is 12.1 Å². The summed E-state index contributed by atoms with van der Waals surface area (Å²) in [6, 6.07) is 8.50. The molecule has 1 aliphatic rings. The minimum absolute atomic E-state index is 0.0780. The standard InChI is InChI=1S/C15H17F2N/c1-10(2)14(9-18)11-3-5-12(6-4-11)15(16,17)13-7-8-13/h3-6,10,13-14H,7-8H2,1-2H3. The van der Waals surface area contributed by atoms with E-state index in [4.69, 9.17) is 5.26 Å². The molecule has 0 radical (unpaired) electrons. The van der Waals surface area contributed by atoms with E-state index < -0.39 is 11.8 Å². The van der Waals surface area contributed by atoms with Gasteiger partial charge in [-0.1, -0.05) is 38.1 Å². The van der Waals surface area contributed by atoms with Gasteiger partial charge in [0, 0.05) is 11.5 Å². The van der Waals surface area contributed by atoms with E-state index in [1.807, 2.05) is 13.8 Å². The Morgan fingerprint density at radius 2 is 1.78 bits per heavy atom. The molecule has 1 aliphatic carbocycles. The lowest BCUT2D eigenvalue weighted by molar-refractivity contribution is -0.0285. The van der Waals surface area contributed by atoms with Crippen molar-refractivity contribution < 1.29 is 8.78 Å². The van der Waals surface area contributed by atoms with E-state index in [0.29, 0.717) is 12.8 Å². The molecule has 0 amide bonds. The molecule has 3 heteroatoms. The monoisotopic (exact) mass is 249 g/mol. The third-order valence-electron chi connectivity index (χ3n) is 3.55. The zero-order chi connectivity index (χ0) is 13.3. The first-order valence-corrected chi connectivity index (χ1v) is 6.34. The van der Waals surface area contributed by atoms with Crippen LogP contribution in [0.3, 0.4) is 0 Å². The average Bonchev–Trinajstić information content (AvgIpc) is 3.14. The summed E-state index contributed by atoms with van der Waals surface area (Å²) in [7, 11) is 0. The van der Waals surface area contributed by atoms with Crippen LogP contribution in [-0.2, 0) is 5.92 Å². The number of hydrogen-bond donors (Lipinski definition) is 0. The molecule has 1 fully saturated rings. The highest BCUT2D eigenvalue weighted by atomic mass is 19.3. The highest BCUT2D eigenvalue weighted by Gasteiger charge is 2.47. The third kappa shape index (κ3) is 2.38.